The van der Waals surface area contributed by atoms with Gasteiger partial charge in [-0.1, -0.05) is 6.07 Å². The molecule has 6 heterocycles. The summed E-state index contributed by atoms with van der Waals surface area (Å²) < 4.78 is 11.2. The number of ether oxygens (including phenoxy) is 2. The van der Waals surface area contributed by atoms with E-state index in [2.05, 4.69) is 46.4 Å². The molecule has 0 unspecified atom stereocenters. The number of piperidine rings is 3. The number of hydrogen-bond acceptors (Lipinski definition) is 5. The van der Waals surface area contributed by atoms with Crippen molar-refractivity contribution in [2.24, 2.45) is 5.92 Å². The van der Waals surface area contributed by atoms with E-state index in [9.17, 15) is 0 Å². The van der Waals surface area contributed by atoms with E-state index in [1.54, 1.807) is 0 Å². The van der Waals surface area contributed by atoms with Crippen molar-refractivity contribution in [1.29, 1.82) is 0 Å². The zero-order valence-electron chi connectivity index (χ0n) is 15.8. The van der Waals surface area contributed by atoms with Gasteiger partial charge in [-0.2, -0.15) is 0 Å². The molecule has 1 aromatic heterocycles. The Morgan fingerprint density at radius 3 is 2.74 bits per heavy atom. The lowest BCUT2D eigenvalue weighted by Gasteiger charge is -2.51. The molecular weight excluding hydrogens is 356 g/mol. The van der Waals surface area contributed by atoms with Gasteiger partial charge in [-0.3, -0.25) is 9.80 Å². The Balaban J connectivity index is 1.36. The van der Waals surface area contributed by atoms with E-state index in [0.29, 0.717) is 24.8 Å². The fraction of sp³-hybridized carbons (Fsp3) is 0.545. The number of aryl methyl sites for hydroxylation is 1. The molecule has 2 bridgehead atoms. The second-order valence-corrected chi connectivity index (χ2v) is 9.53. The van der Waals surface area contributed by atoms with Crippen LogP contribution in [0.5, 0.6) is 11.5 Å². The molecular formula is C22H26N2O2S. The molecule has 2 aromatic rings. The summed E-state index contributed by atoms with van der Waals surface area (Å²) in [4.78, 5) is 7.12. The maximum Gasteiger partial charge on any atom is 0.231 e. The van der Waals surface area contributed by atoms with Gasteiger partial charge < -0.3 is 9.47 Å². The summed E-state index contributed by atoms with van der Waals surface area (Å²) in [5, 5.41) is 2.24. The minimum absolute atomic E-state index is 0.355. The Kier molecular flexibility index (Phi) is 3.78. The zero-order chi connectivity index (χ0) is 18.0. The number of nitrogens with zero attached hydrogens (tertiary/aromatic N) is 2. The van der Waals surface area contributed by atoms with Gasteiger partial charge in [-0.05, 0) is 73.5 Å². The van der Waals surface area contributed by atoms with Crippen molar-refractivity contribution in [3.8, 4) is 11.5 Å². The largest absolute Gasteiger partial charge is 0.454 e. The summed E-state index contributed by atoms with van der Waals surface area (Å²) in [6.45, 7) is 7.42. The molecule has 5 aliphatic rings. The van der Waals surface area contributed by atoms with Gasteiger partial charge >= 0.3 is 0 Å². The standard InChI is InChI=1S/C22H26N2O2S/c1-14-6-9-27-20(14)12-24-11-17(16-2-3-18-19(10-16)26-13-25-18)22-21(24)15-4-7-23(22)8-5-15/h2-3,6,9-10,15,17,21-22H,4-5,7-8,11-13H2,1H3/t17-,21+,22+/m1/s1. The Morgan fingerprint density at radius 2 is 1.93 bits per heavy atom. The third-order valence-electron chi connectivity index (χ3n) is 7.23. The molecule has 27 heavy (non-hydrogen) atoms. The average Bonchev–Trinajstić information content (AvgIpc) is 3.42. The van der Waals surface area contributed by atoms with Crippen molar-refractivity contribution in [3.63, 3.8) is 0 Å². The molecule has 1 aromatic carbocycles. The van der Waals surface area contributed by atoms with E-state index in [4.69, 9.17) is 9.47 Å². The number of rotatable bonds is 3. The van der Waals surface area contributed by atoms with Crippen LogP contribution >= 0.6 is 11.3 Å². The summed E-state index contributed by atoms with van der Waals surface area (Å²) in [6, 6.07) is 10.2. The predicted octanol–water partition coefficient (Wildman–Crippen LogP) is 3.85. The third-order valence-corrected chi connectivity index (χ3v) is 8.24. The summed E-state index contributed by atoms with van der Waals surface area (Å²) in [5.74, 6) is 3.24. The molecule has 4 fully saturated rings. The van der Waals surface area contributed by atoms with Crippen molar-refractivity contribution in [1.82, 2.24) is 9.80 Å². The van der Waals surface area contributed by atoms with Gasteiger partial charge in [-0.25, -0.2) is 0 Å². The number of thiophene rings is 1. The summed E-state index contributed by atoms with van der Waals surface area (Å²) >= 11 is 1.92. The van der Waals surface area contributed by atoms with E-state index in [0.717, 1.165) is 30.5 Å². The molecule has 4 saturated heterocycles. The van der Waals surface area contributed by atoms with Gasteiger partial charge in [0.2, 0.25) is 6.79 Å². The smallest absolute Gasteiger partial charge is 0.231 e. The fourth-order valence-corrected chi connectivity index (χ4v) is 6.84. The van der Waals surface area contributed by atoms with E-state index < -0.39 is 0 Å². The number of hydrogen-bond donors (Lipinski definition) is 0. The van der Waals surface area contributed by atoms with Crippen LogP contribution in [0.1, 0.15) is 34.8 Å². The van der Waals surface area contributed by atoms with Gasteiger partial charge in [0, 0.05) is 36.0 Å². The lowest BCUT2D eigenvalue weighted by Crippen LogP contribution is -2.59. The third kappa shape index (κ3) is 2.55. The highest BCUT2D eigenvalue weighted by atomic mass is 32.1. The maximum atomic E-state index is 5.68. The summed E-state index contributed by atoms with van der Waals surface area (Å²) in [7, 11) is 0. The maximum absolute atomic E-state index is 5.68. The van der Waals surface area contributed by atoms with Crippen LogP contribution in [0.25, 0.3) is 0 Å². The lowest BCUT2D eigenvalue weighted by molar-refractivity contribution is -0.00849. The van der Waals surface area contributed by atoms with E-state index in [1.807, 2.05) is 11.3 Å². The van der Waals surface area contributed by atoms with Crippen molar-refractivity contribution in [2.45, 2.75) is 44.3 Å². The Bertz CT molecular complexity index is 858. The monoisotopic (exact) mass is 382 g/mol. The number of likely N-dealkylation sites (tertiary alicyclic amines) is 1. The molecule has 7 rings (SSSR count). The molecule has 5 heteroatoms. The fourth-order valence-electron chi connectivity index (χ4n) is 5.91. The van der Waals surface area contributed by atoms with Gasteiger partial charge in [0.05, 0.1) is 0 Å². The first-order chi connectivity index (χ1) is 13.3. The lowest BCUT2D eigenvalue weighted by atomic mass is 9.75. The summed E-state index contributed by atoms with van der Waals surface area (Å²) in [5.41, 5.74) is 2.87. The summed E-state index contributed by atoms with van der Waals surface area (Å²) in [6.07, 6.45) is 2.74. The number of benzene rings is 1. The quantitative estimate of drug-likeness (QED) is 0.805. The highest BCUT2D eigenvalue weighted by Crippen LogP contribution is 2.48. The first-order valence-corrected chi connectivity index (χ1v) is 11.1. The molecule has 0 spiro atoms. The van der Waals surface area contributed by atoms with Crippen molar-refractivity contribution < 1.29 is 9.47 Å². The normalized spacial score (nSPS) is 34.2. The zero-order valence-corrected chi connectivity index (χ0v) is 16.6. The topological polar surface area (TPSA) is 24.9 Å². The molecule has 0 N–H and O–H groups in total. The highest BCUT2D eigenvalue weighted by Gasteiger charge is 2.53. The van der Waals surface area contributed by atoms with E-state index >= 15 is 0 Å². The molecule has 0 amide bonds. The molecule has 0 saturated carbocycles. The minimum Gasteiger partial charge on any atom is -0.454 e. The van der Waals surface area contributed by atoms with Gasteiger partial charge in [0.1, 0.15) is 0 Å². The average molecular weight is 383 g/mol. The molecule has 3 atom stereocenters. The second-order valence-electron chi connectivity index (χ2n) is 8.53. The Hall–Kier alpha value is -1.56. The second kappa shape index (κ2) is 6.23. The van der Waals surface area contributed by atoms with Gasteiger partial charge in [0.25, 0.3) is 0 Å². The van der Waals surface area contributed by atoms with Crippen LogP contribution in [-0.4, -0.2) is 48.3 Å². The molecule has 4 nitrogen and oxygen atoms in total. The van der Waals surface area contributed by atoms with E-state index in [-0.39, 0.29) is 0 Å². The van der Waals surface area contributed by atoms with Crippen LogP contribution in [0.3, 0.4) is 0 Å². The Morgan fingerprint density at radius 1 is 1.07 bits per heavy atom. The van der Waals surface area contributed by atoms with Crippen molar-refractivity contribution >= 4 is 11.3 Å². The molecule has 142 valence electrons. The van der Waals surface area contributed by atoms with Crippen LogP contribution in [0, 0.1) is 12.8 Å². The van der Waals surface area contributed by atoms with E-state index in [1.165, 1.54) is 41.9 Å². The van der Waals surface area contributed by atoms with Crippen molar-refractivity contribution in [2.75, 3.05) is 26.4 Å². The minimum atomic E-state index is 0.355. The SMILES string of the molecule is Cc1ccsc1CN1C[C@H](c2ccc3c(c2)OCO3)[C@H]2[C@@H]1C1CCN2CC1. The first kappa shape index (κ1) is 16.4. The van der Waals surface area contributed by atoms with Crippen LogP contribution < -0.4 is 9.47 Å². The van der Waals surface area contributed by atoms with Crippen molar-refractivity contribution in [3.05, 3.63) is 45.6 Å². The van der Waals surface area contributed by atoms with Crippen LogP contribution in [0.15, 0.2) is 29.6 Å². The molecule has 0 aliphatic carbocycles. The Labute approximate surface area is 164 Å². The number of fused-ring (bicyclic) bond motifs is 3. The van der Waals surface area contributed by atoms with Gasteiger partial charge in [0.15, 0.2) is 11.5 Å². The van der Waals surface area contributed by atoms with Crippen LogP contribution in [0.2, 0.25) is 0 Å². The van der Waals surface area contributed by atoms with Crippen LogP contribution in [0.4, 0.5) is 0 Å². The van der Waals surface area contributed by atoms with Crippen LogP contribution in [-0.2, 0) is 6.54 Å². The first-order valence-electron chi connectivity index (χ1n) is 10.2. The van der Waals surface area contributed by atoms with Gasteiger partial charge in [-0.15, -0.1) is 11.3 Å². The molecule has 0 radical (unpaired) electrons. The predicted molar refractivity (Wildman–Crippen MR) is 107 cm³/mol. The molecule has 5 aliphatic heterocycles. The highest BCUT2D eigenvalue weighted by molar-refractivity contribution is 7.10.